The molecule has 0 saturated heterocycles. The van der Waals surface area contributed by atoms with Gasteiger partial charge in [-0.1, -0.05) is 0 Å². The van der Waals surface area contributed by atoms with Crippen LogP contribution in [0.1, 0.15) is 23.9 Å². The maximum absolute atomic E-state index is 5.73. The van der Waals surface area contributed by atoms with Crippen molar-refractivity contribution in [3.8, 4) is 0 Å². The summed E-state index contributed by atoms with van der Waals surface area (Å²) in [6, 6.07) is 0. The van der Waals surface area contributed by atoms with E-state index in [-0.39, 0.29) is 0 Å². The smallest absolute Gasteiger partial charge is 0.222 e. The van der Waals surface area contributed by atoms with Crippen molar-refractivity contribution in [1.29, 1.82) is 0 Å². The molecule has 19 heavy (non-hydrogen) atoms. The molecule has 1 aliphatic heterocycles. The zero-order chi connectivity index (χ0) is 13.4. The largest absolute Gasteiger partial charge is 0.368 e. The topological polar surface area (TPSA) is 96.6 Å². The maximum Gasteiger partial charge on any atom is 0.222 e. The molecule has 3 heterocycles. The first-order chi connectivity index (χ1) is 9.19. The third kappa shape index (κ3) is 1.92. The van der Waals surface area contributed by atoms with E-state index in [9.17, 15) is 0 Å². The van der Waals surface area contributed by atoms with Gasteiger partial charge in [0.1, 0.15) is 11.5 Å². The number of aromatic amines is 1. The number of aryl methyl sites for hydroxylation is 1. The molecule has 0 atom stereocenters. The normalized spacial score (nSPS) is 14.2. The zero-order valence-electron chi connectivity index (χ0n) is 10.9. The van der Waals surface area contributed by atoms with Gasteiger partial charge in [-0.25, -0.2) is 4.98 Å². The van der Waals surface area contributed by atoms with E-state index >= 15 is 0 Å². The van der Waals surface area contributed by atoms with Crippen LogP contribution in [-0.2, 0) is 0 Å². The Bertz CT molecular complexity index is 630. The van der Waals surface area contributed by atoms with Crippen LogP contribution in [0.5, 0.6) is 0 Å². The number of aromatic nitrogens is 5. The zero-order valence-corrected chi connectivity index (χ0v) is 10.9. The SMILES string of the molecule is CCN1CC(c2cn[nH]n2)=Cc2c(C)nc(N)nc21. The van der Waals surface area contributed by atoms with E-state index < -0.39 is 0 Å². The van der Waals surface area contributed by atoms with Crippen LogP contribution in [-0.4, -0.2) is 38.5 Å². The minimum Gasteiger partial charge on any atom is -0.368 e. The molecule has 0 fully saturated rings. The first-order valence-electron chi connectivity index (χ1n) is 6.14. The van der Waals surface area contributed by atoms with Crippen molar-refractivity contribution in [2.45, 2.75) is 13.8 Å². The average Bonchev–Trinajstić information content (AvgIpc) is 2.91. The molecular weight excluding hydrogens is 242 g/mol. The summed E-state index contributed by atoms with van der Waals surface area (Å²) in [4.78, 5) is 10.7. The maximum atomic E-state index is 5.73. The summed E-state index contributed by atoms with van der Waals surface area (Å²) >= 11 is 0. The van der Waals surface area contributed by atoms with Crippen LogP contribution < -0.4 is 10.6 Å². The molecule has 98 valence electrons. The fourth-order valence-corrected chi connectivity index (χ4v) is 2.27. The number of nitrogen functional groups attached to an aromatic ring is 1. The van der Waals surface area contributed by atoms with Crippen LogP contribution in [0.4, 0.5) is 11.8 Å². The van der Waals surface area contributed by atoms with E-state index in [1.807, 2.05) is 6.92 Å². The number of H-pyrrole nitrogens is 1. The number of anilines is 2. The molecular formula is C12H15N7. The van der Waals surface area contributed by atoms with Gasteiger partial charge in [0.25, 0.3) is 0 Å². The van der Waals surface area contributed by atoms with Gasteiger partial charge >= 0.3 is 0 Å². The fourth-order valence-electron chi connectivity index (χ4n) is 2.27. The lowest BCUT2D eigenvalue weighted by Gasteiger charge is -2.29. The van der Waals surface area contributed by atoms with Crippen LogP contribution in [0.15, 0.2) is 6.20 Å². The Balaban J connectivity index is 2.15. The van der Waals surface area contributed by atoms with Crippen molar-refractivity contribution in [1.82, 2.24) is 25.4 Å². The summed E-state index contributed by atoms with van der Waals surface area (Å²) in [6.45, 7) is 5.61. The first-order valence-corrected chi connectivity index (χ1v) is 6.14. The standard InChI is InChI=1S/C12H15N7/c1-3-19-6-8(10-5-14-18-17-10)4-9-7(2)15-12(13)16-11(9)19/h4-5H,3,6H2,1-2H3,(H2,13,15,16)(H,14,17,18). The molecule has 7 nitrogen and oxygen atoms in total. The first kappa shape index (κ1) is 11.6. The third-order valence-corrected chi connectivity index (χ3v) is 3.24. The predicted molar refractivity (Wildman–Crippen MR) is 73.3 cm³/mol. The number of nitrogens with one attached hydrogen (secondary N) is 1. The van der Waals surface area contributed by atoms with E-state index in [0.717, 1.165) is 41.4 Å². The highest BCUT2D eigenvalue weighted by atomic mass is 15.3. The van der Waals surface area contributed by atoms with E-state index in [1.54, 1.807) is 6.20 Å². The summed E-state index contributed by atoms with van der Waals surface area (Å²) in [6.07, 6.45) is 3.78. The van der Waals surface area contributed by atoms with E-state index in [4.69, 9.17) is 5.73 Å². The highest BCUT2D eigenvalue weighted by Gasteiger charge is 2.22. The summed E-state index contributed by atoms with van der Waals surface area (Å²) < 4.78 is 0. The Kier molecular flexibility index (Phi) is 2.66. The lowest BCUT2D eigenvalue weighted by atomic mass is 10.0. The highest BCUT2D eigenvalue weighted by Crippen LogP contribution is 2.32. The van der Waals surface area contributed by atoms with E-state index in [1.165, 1.54) is 0 Å². The number of likely N-dealkylation sites (N-methyl/N-ethyl adjacent to an activating group) is 1. The van der Waals surface area contributed by atoms with Gasteiger partial charge in [-0.05, 0) is 19.9 Å². The monoisotopic (exact) mass is 257 g/mol. The van der Waals surface area contributed by atoms with Gasteiger partial charge in [-0.15, -0.1) is 0 Å². The third-order valence-electron chi connectivity index (χ3n) is 3.24. The molecule has 7 heteroatoms. The van der Waals surface area contributed by atoms with Gasteiger partial charge in [-0.2, -0.15) is 20.4 Å². The molecule has 1 aliphatic rings. The lowest BCUT2D eigenvalue weighted by Crippen LogP contribution is -2.30. The number of fused-ring (bicyclic) bond motifs is 1. The van der Waals surface area contributed by atoms with E-state index in [0.29, 0.717) is 5.95 Å². The molecule has 0 unspecified atom stereocenters. The number of nitrogens with two attached hydrogens (primary N) is 1. The van der Waals surface area contributed by atoms with Gasteiger partial charge < -0.3 is 10.6 Å². The second kappa shape index (κ2) is 4.34. The lowest BCUT2D eigenvalue weighted by molar-refractivity contribution is 0.867. The summed E-state index contributed by atoms with van der Waals surface area (Å²) in [5.41, 5.74) is 9.55. The molecule has 2 aromatic rings. The van der Waals surface area contributed by atoms with Gasteiger partial charge in [0.15, 0.2) is 0 Å². The average molecular weight is 257 g/mol. The molecule has 0 radical (unpaired) electrons. The minimum atomic E-state index is 0.313. The number of nitrogens with zero attached hydrogens (tertiary/aromatic N) is 5. The quantitative estimate of drug-likeness (QED) is 0.828. The summed E-state index contributed by atoms with van der Waals surface area (Å²) in [7, 11) is 0. The van der Waals surface area contributed by atoms with Crippen molar-refractivity contribution in [3.05, 3.63) is 23.1 Å². The number of hydrogen-bond donors (Lipinski definition) is 2. The fraction of sp³-hybridized carbons (Fsp3) is 0.333. The van der Waals surface area contributed by atoms with E-state index in [2.05, 4.69) is 43.3 Å². The molecule has 0 saturated carbocycles. The van der Waals surface area contributed by atoms with Gasteiger partial charge in [-0.3, -0.25) is 0 Å². The molecule has 0 aliphatic carbocycles. The Morgan fingerprint density at radius 1 is 1.42 bits per heavy atom. The molecule has 0 aromatic carbocycles. The Hall–Kier alpha value is -2.44. The summed E-state index contributed by atoms with van der Waals surface area (Å²) in [5.74, 6) is 1.20. The van der Waals surface area contributed by atoms with Crippen LogP contribution >= 0.6 is 0 Å². The van der Waals surface area contributed by atoms with Crippen LogP contribution in [0.3, 0.4) is 0 Å². The number of hydrogen-bond acceptors (Lipinski definition) is 6. The Morgan fingerprint density at radius 3 is 2.95 bits per heavy atom. The van der Waals surface area contributed by atoms with Crippen LogP contribution in [0, 0.1) is 6.92 Å². The van der Waals surface area contributed by atoms with Crippen molar-refractivity contribution < 1.29 is 0 Å². The van der Waals surface area contributed by atoms with Crippen LogP contribution in [0.25, 0.3) is 11.6 Å². The van der Waals surface area contributed by atoms with Crippen molar-refractivity contribution in [2.75, 3.05) is 23.7 Å². The highest BCUT2D eigenvalue weighted by molar-refractivity contribution is 5.89. The Morgan fingerprint density at radius 2 is 2.26 bits per heavy atom. The predicted octanol–water partition coefficient (Wildman–Crippen LogP) is 0.866. The summed E-state index contributed by atoms with van der Waals surface area (Å²) in [5, 5.41) is 10.6. The van der Waals surface area contributed by atoms with Gasteiger partial charge in [0.2, 0.25) is 5.95 Å². The minimum absolute atomic E-state index is 0.313. The Labute approximate surface area is 110 Å². The van der Waals surface area contributed by atoms with Crippen LogP contribution in [0.2, 0.25) is 0 Å². The van der Waals surface area contributed by atoms with Gasteiger partial charge in [0, 0.05) is 24.2 Å². The number of rotatable bonds is 2. The molecule has 0 spiro atoms. The molecule has 0 amide bonds. The second-order valence-electron chi connectivity index (χ2n) is 4.44. The van der Waals surface area contributed by atoms with Crippen molar-refractivity contribution >= 4 is 23.4 Å². The molecule has 3 N–H and O–H groups in total. The van der Waals surface area contributed by atoms with Crippen molar-refractivity contribution in [2.24, 2.45) is 0 Å². The second-order valence-corrected chi connectivity index (χ2v) is 4.44. The molecule has 0 bridgehead atoms. The molecule has 2 aromatic heterocycles. The molecule has 3 rings (SSSR count). The van der Waals surface area contributed by atoms with Gasteiger partial charge in [0.05, 0.1) is 11.9 Å². The van der Waals surface area contributed by atoms with Crippen molar-refractivity contribution in [3.63, 3.8) is 0 Å².